The molecule has 0 unspecified atom stereocenters. The Bertz CT molecular complexity index is 819. The van der Waals surface area contributed by atoms with E-state index in [0.29, 0.717) is 21.9 Å². The molecule has 0 aliphatic rings. The van der Waals surface area contributed by atoms with E-state index in [4.69, 9.17) is 10.8 Å². The summed E-state index contributed by atoms with van der Waals surface area (Å²) in [6.07, 6.45) is 3.25. The highest BCUT2D eigenvalue weighted by Crippen LogP contribution is 2.35. The lowest BCUT2D eigenvalue weighted by atomic mass is 9.95. The van der Waals surface area contributed by atoms with Crippen molar-refractivity contribution in [3.63, 3.8) is 0 Å². The van der Waals surface area contributed by atoms with Gasteiger partial charge in [-0.1, -0.05) is 37.6 Å². The largest absolute Gasteiger partial charge is 0.396 e. The second kappa shape index (κ2) is 9.08. The third kappa shape index (κ3) is 4.30. The van der Waals surface area contributed by atoms with Crippen LogP contribution in [0.3, 0.4) is 0 Å². The molecule has 2 rings (SSSR count). The molecular formula is C19H20N4OS. The third-order valence-electron chi connectivity index (χ3n) is 3.81. The minimum Gasteiger partial charge on any atom is -0.396 e. The molecule has 0 atom stereocenters. The van der Waals surface area contributed by atoms with Gasteiger partial charge in [0.2, 0.25) is 0 Å². The van der Waals surface area contributed by atoms with Crippen LogP contribution in [0.25, 0.3) is 11.1 Å². The molecule has 1 aromatic heterocycles. The summed E-state index contributed by atoms with van der Waals surface area (Å²) in [5.41, 5.74) is 8.99. The molecule has 2 aromatic rings. The first-order chi connectivity index (χ1) is 12.2. The average molecular weight is 352 g/mol. The van der Waals surface area contributed by atoms with Crippen LogP contribution < -0.4 is 5.73 Å². The molecule has 1 aromatic carbocycles. The van der Waals surface area contributed by atoms with Crippen molar-refractivity contribution in [1.82, 2.24) is 4.98 Å². The van der Waals surface area contributed by atoms with Crippen LogP contribution in [0.15, 0.2) is 29.3 Å². The molecule has 0 aliphatic heterocycles. The highest BCUT2D eigenvalue weighted by Gasteiger charge is 2.20. The lowest BCUT2D eigenvalue weighted by Gasteiger charge is -2.13. The summed E-state index contributed by atoms with van der Waals surface area (Å²) in [7, 11) is 0. The summed E-state index contributed by atoms with van der Waals surface area (Å²) in [6, 6.07) is 12.1. The maximum atomic E-state index is 9.63. The molecule has 0 aliphatic carbocycles. The van der Waals surface area contributed by atoms with E-state index in [1.807, 2.05) is 24.3 Å². The van der Waals surface area contributed by atoms with Crippen LogP contribution in [-0.2, 0) is 6.42 Å². The Kier molecular flexibility index (Phi) is 6.82. The summed E-state index contributed by atoms with van der Waals surface area (Å²) < 4.78 is 0. The number of aliphatic hydroxyl groups excluding tert-OH is 1. The fourth-order valence-electron chi connectivity index (χ4n) is 2.55. The van der Waals surface area contributed by atoms with E-state index < -0.39 is 0 Å². The number of benzene rings is 1. The Hall–Kier alpha value is -2.54. The smallest absolute Gasteiger partial charge is 0.143 e. The molecule has 1 heterocycles. The summed E-state index contributed by atoms with van der Waals surface area (Å²) in [5.74, 6) is 0.509. The molecule has 0 fully saturated rings. The number of thioether (sulfide) groups is 1. The van der Waals surface area contributed by atoms with Gasteiger partial charge in [0, 0.05) is 11.3 Å². The molecular weight excluding hydrogens is 332 g/mol. The third-order valence-corrected chi connectivity index (χ3v) is 4.76. The summed E-state index contributed by atoms with van der Waals surface area (Å²) in [5, 5.41) is 28.6. The molecule has 25 heavy (non-hydrogen) atoms. The molecule has 0 bridgehead atoms. The number of pyridine rings is 1. The average Bonchev–Trinajstić information content (AvgIpc) is 2.64. The van der Waals surface area contributed by atoms with Gasteiger partial charge in [0.1, 0.15) is 28.5 Å². The van der Waals surface area contributed by atoms with Crippen molar-refractivity contribution in [1.29, 1.82) is 10.5 Å². The van der Waals surface area contributed by atoms with Crippen molar-refractivity contribution in [3.05, 3.63) is 41.0 Å². The number of unbranched alkanes of at least 4 members (excludes halogenated alkanes) is 1. The molecule has 0 saturated heterocycles. The van der Waals surface area contributed by atoms with Crippen LogP contribution >= 0.6 is 11.8 Å². The van der Waals surface area contributed by atoms with Gasteiger partial charge in [0.05, 0.1) is 12.2 Å². The normalized spacial score (nSPS) is 10.2. The first-order valence-corrected chi connectivity index (χ1v) is 9.11. The Labute approximate surface area is 152 Å². The lowest BCUT2D eigenvalue weighted by Crippen LogP contribution is -2.04. The zero-order chi connectivity index (χ0) is 18.2. The number of rotatable bonds is 7. The second-order valence-corrected chi connectivity index (χ2v) is 6.61. The minimum absolute atomic E-state index is 0.0292. The quantitative estimate of drug-likeness (QED) is 0.739. The number of hydrogen-bond acceptors (Lipinski definition) is 6. The van der Waals surface area contributed by atoms with Crippen LogP contribution in [-0.4, -0.2) is 22.5 Å². The zero-order valence-electron chi connectivity index (χ0n) is 14.1. The summed E-state index contributed by atoms with van der Waals surface area (Å²) in [4.78, 5) is 4.18. The van der Waals surface area contributed by atoms with Crippen molar-refractivity contribution in [3.8, 4) is 23.3 Å². The Balaban J connectivity index is 2.56. The van der Waals surface area contributed by atoms with Gasteiger partial charge in [-0.3, -0.25) is 0 Å². The van der Waals surface area contributed by atoms with Gasteiger partial charge in [-0.05, 0) is 24.0 Å². The standard InChI is InChI=1S/C19H20N4OS/c1-2-3-4-13-5-7-14(8-6-13)17-15(11-20)18(22)23-19(16(17)12-21)25-10-9-24/h5-8,24H,2-4,9-10H2,1H3,(H2,22,23). The predicted octanol–water partition coefficient (Wildman–Crippen LogP) is 3.50. The lowest BCUT2D eigenvalue weighted by molar-refractivity contribution is 0.322. The highest BCUT2D eigenvalue weighted by atomic mass is 32.2. The number of nitrogen functional groups attached to an aromatic ring is 1. The topological polar surface area (TPSA) is 107 Å². The van der Waals surface area contributed by atoms with E-state index in [0.717, 1.165) is 24.8 Å². The summed E-state index contributed by atoms with van der Waals surface area (Å²) in [6.45, 7) is 2.12. The fraction of sp³-hybridized carbons (Fsp3) is 0.316. The van der Waals surface area contributed by atoms with E-state index in [1.165, 1.54) is 17.3 Å². The fourth-order valence-corrected chi connectivity index (χ4v) is 3.29. The molecule has 0 radical (unpaired) electrons. The SMILES string of the molecule is CCCCc1ccc(-c2c(C#N)c(N)nc(SCCO)c2C#N)cc1. The molecule has 5 nitrogen and oxygen atoms in total. The Morgan fingerprint density at radius 1 is 1.16 bits per heavy atom. The van der Waals surface area contributed by atoms with Crippen molar-refractivity contribution in [2.24, 2.45) is 0 Å². The van der Waals surface area contributed by atoms with Gasteiger partial charge in [0.15, 0.2) is 0 Å². The van der Waals surface area contributed by atoms with Crippen molar-refractivity contribution < 1.29 is 5.11 Å². The number of hydrogen-bond donors (Lipinski definition) is 2. The Morgan fingerprint density at radius 2 is 1.84 bits per heavy atom. The number of nitrogens with two attached hydrogens (primary N) is 1. The minimum atomic E-state index is -0.0292. The predicted molar refractivity (Wildman–Crippen MR) is 99.9 cm³/mol. The van der Waals surface area contributed by atoms with Gasteiger partial charge >= 0.3 is 0 Å². The molecule has 0 saturated carbocycles. The van der Waals surface area contributed by atoms with Crippen molar-refractivity contribution >= 4 is 17.6 Å². The van der Waals surface area contributed by atoms with Gasteiger partial charge in [-0.25, -0.2) is 4.98 Å². The van der Waals surface area contributed by atoms with Gasteiger partial charge in [-0.2, -0.15) is 10.5 Å². The summed E-state index contributed by atoms with van der Waals surface area (Å²) >= 11 is 1.26. The van der Waals surface area contributed by atoms with E-state index in [9.17, 15) is 10.5 Å². The molecule has 128 valence electrons. The van der Waals surface area contributed by atoms with E-state index in [1.54, 1.807) is 0 Å². The monoisotopic (exact) mass is 352 g/mol. The number of aromatic nitrogens is 1. The van der Waals surface area contributed by atoms with E-state index in [-0.39, 0.29) is 18.0 Å². The number of nitriles is 2. The first-order valence-electron chi connectivity index (χ1n) is 8.12. The van der Waals surface area contributed by atoms with Crippen molar-refractivity contribution in [2.75, 3.05) is 18.1 Å². The van der Waals surface area contributed by atoms with Crippen LogP contribution in [0.4, 0.5) is 5.82 Å². The molecule has 3 N–H and O–H groups in total. The van der Waals surface area contributed by atoms with Gasteiger partial charge in [-0.15, -0.1) is 11.8 Å². The molecule has 0 spiro atoms. The van der Waals surface area contributed by atoms with Crippen LogP contribution in [0.5, 0.6) is 0 Å². The van der Waals surface area contributed by atoms with Crippen LogP contribution in [0.2, 0.25) is 0 Å². The Morgan fingerprint density at radius 3 is 2.40 bits per heavy atom. The maximum absolute atomic E-state index is 9.63. The van der Waals surface area contributed by atoms with Crippen LogP contribution in [0.1, 0.15) is 36.5 Å². The number of anilines is 1. The second-order valence-electron chi connectivity index (χ2n) is 5.52. The van der Waals surface area contributed by atoms with E-state index >= 15 is 0 Å². The maximum Gasteiger partial charge on any atom is 0.143 e. The zero-order valence-corrected chi connectivity index (χ0v) is 14.9. The number of aliphatic hydroxyl groups is 1. The van der Waals surface area contributed by atoms with Crippen LogP contribution in [0, 0.1) is 22.7 Å². The molecule has 6 heteroatoms. The molecule has 0 amide bonds. The first kappa shape index (κ1) is 18.8. The number of nitrogens with zero attached hydrogens (tertiary/aromatic N) is 3. The van der Waals surface area contributed by atoms with E-state index in [2.05, 4.69) is 24.0 Å². The highest BCUT2D eigenvalue weighted by molar-refractivity contribution is 7.99. The van der Waals surface area contributed by atoms with Gasteiger partial charge in [0.25, 0.3) is 0 Å². The number of aryl methyl sites for hydroxylation is 1. The van der Waals surface area contributed by atoms with Crippen molar-refractivity contribution in [2.45, 2.75) is 31.2 Å². The van der Waals surface area contributed by atoms with Gasteiger partial charge < -0.3 is 10.8 Å².